The van der Waals surface area contributed by atoms with Crippen LogP contribution in [0.15, 0.2) is 12.4 Å². The Hall–Kier alpha value is -1.36. The monoisotopic (exact) mass is 252 g/mol. The minimum atomic E-state index is 0.588. The van der Waals surface area contributed by atoms with Gasteiger partial charge in [0, 0.05) is 6.54 Å². The fourth-order valence-electron chi connectivity index (χ4n) is 1.55. The highest BCUT2D eigenvalue weighted by Crippen LogP contribution is 2.09. The van der Waals surface area contributed by atoms with Crippen LogP contribution in [0.25, 0.3) is 0 Å². The molecule has 1 aromatic rings. The van der Waals surface area contributed by atoms with Gasteiger partial charge in [0.25, 0.3) is 0 Å². The highest BCUT2D eigenvalue weighted by Gasteiger charge is 1.98. The van der Waals surface area contributed by atoms with Crippen LogP contribution in [0.3, 0.4) is 0 Å². The van der Waals surface area contributed by atoms with Crippen LogP contribution in [0.2, 0.25) is 0 Å². The number of aromatic nitrogens is 2. The van der Waals surface area contributed by atoms with Gasteiger partial charge < -0.3 is 15.8 Å². The lowest BCUT2D eigenvalue weighted by molar-refractivity contribution is 0.304. The lowest BCUT2D eigenvalue weighted by Gasteiger charge is -2.07. The van der Waals surface area contributed by atoms with Crippen LogP contribution >= 0.6 is 0 Å². The Kier molecular flexibility index (Phi) is 7.88. The van der Waals surface area contributed by atoms with Crippen molar-refractivity contribution < 1.29 is 4.74 Å². The number of rotatable bonds is 10. The molecule has 1 aromatic heterocycles. The van der Waals surface area contributed by atoms with Crippen molar-refractivity contribution >= 4 is 5.82 Å². The van der Waals surface area contributed by atoms with E-state index in [-0.39, 0.29) is 0 Å². The zero-order valence-electron chi connectivity index (χ0n) is 11.2. The lowest BCUT2D eigenvalue weighted by Crippen LogP contribution is -2.06. The lowest BCUT2D eigenvalue weighted by atomic mass is 10.2. The summed E-state index contributed by atoms with van der Waals surface area (Å²) in [4.78, 5) is 8.43. The molecule has 0 aliphatic rings. The van der Waals surface area contributed by atoms with E-state index in [4.69, 9.17) is 10.5 Å². The summed E-state index contributed by atoms with van der Waals surface area (Å²) in [6.07, 6.45) is 8.97. The highest BCUT2D eigenvalue weighted by atomic mass is 16.5. The molecular formula is C13H24N4O. The Bertz CT molecular complexity index is 320. The van der Waals surface area contributed by atoms with Crippen LogP contribution in [0.4, 0.5) is 5.82 Å². The number of hydrogen-bond acceptors (Lipinski definition) is 5. The van der Waals surface area contributed by atoms with Crippen LogP contribution in [0, 0.1) is 0 Å². The molecule has 3 N–H and O–H groups in total. The number of nitrogens with one attached hydrogen (secondary N) is 1. The third-order valence-corrected chi connectivity index (χ3v) is 2.50. The molecule has 5 nitrogen and oxygen atoms in total. The first-order chi connectivity index (χ1) is 8.86. The molecule has 0 amide bonds. The number of ether oxygens (including phenoxy) is 1. The second-order valence-electron chi connectivity index (χ2n) is 4.22. The minimum Gasteiger partial charge on any atom is -0.477 e. The number of hydrogen-bond donors (Lipinski definition) is 2. The summed E-state index contributed by atoms with van der Waals surface area (Å²) >= 11 is 0. The summed E-state index contributed by atoms with van der Waals surface area (Å²) in [6, 6.07) is 0. The summed E-state index contributed by atoms with van der Waals surface area (Å²) in [5, 5.41) is 3.25. The van der Waals surface area contributed by atoms with Gasteiger partial charge in [0.15, 0.2) is 0 Å². The smallest absolute Gasteiger partial charge is 0.234 e. The normalized spacial score (nSPS) is 10.3. The SMILES string of the molecule is CCCOc1cncc(NCCCCCCN)n1. The van der Waals surface area contributed by atoms with E-state index in [1.54, 1.807) is 12.4 Å². The van der Waals surface area contributed by atoms with E-state index in [0.29, 0.717) is 12.5 Å². The van der Waals surface area contributed by atoms with E-state index in [0.717, 1.165) is 38.2 Å². The number of nitrogens with two attached hydrogens (primary N) is 1. The molecule has 0 bridgehead atoms. The number of nitrogens with zero attached hydrogens (tertiary/aromatic N) is 2. The van der Waals surface area contributed by atoms with Crippen LogP contribution in [-0.2, 0) is 0 Å². The summed E-state index contributed by atoms with van der Waals surface area (Å²) in [5.41, 5.74) is 5.44. The number of unbranched alkanes of at least 4 members (excludes halogenated alkanes) is 3. The van der Waals surface area contributed by atoms with Crippen LogP contribution < -0.4 is 15.8 Å². The molecular weight excluding hydrogens is 228 g/mol. The van der Waals surface area contributed by atoms with E-state index in [1.807, 2.05) is 0 Å². The molecule has 0 atom stereocenters. The third-order valence-electron chi connectivity index (χ3n) is 2.50. The van der Waals surface area contributed by atoms with Gasteiger partial charge in [-0.3, -0.25) is 4.98 Å². The molecule has 0 fully saturated rings. The maximum atomic E-state index is 5.44. The van der Waals surface area contributed by atoms with Crippen molar-refractivity contribution in [3.8, 4) is 5.88 Å². The van der Waals surface area contributed by atoms with Gasteiger partial charge in [0.05, 0.1) is 19.0 Å². The quantitative estimate of drug-likeness (QED) is 0.624. The average molecular weight is 252 g/mol. The van der Waals surface area contributed by atoms with Gasteiger partial charge in [-0.1, -0.05) is 19.8 Å². The largest absolute Gasteiger partial charge is 0.477 e. The summed E-state index contributed by atoms with van der Waals surface area (Å²) < 4.78 is 5.43. The first-order valence-electron chi connectivity index (χ1n) is 6.75. The predicted molar refractivity (Wildman–Crippen MR) is 73.8 cm³/mol. The Morgan fingerprint density at radius 1 is 1.22 bits per heavy atom. The molecule has 0 radical (unpaired) electrons. The first-order valence-corrected chi connectivity index (χ1v) is 6.75. The van der Waals surface area contributed by atoms with Crippen LogP contribution in [-0.4, -0.2) is 29.7 Å². The van der Waals surface area contributed by atoms with Gasteiger partial charge in [-0.25, -0.2) is 0 Å². The second-order valence-corrected chi connectivity index (χ2v) is 4.22. The maximum Gasteiger partial charge on any atom is 0.234 e. The number of anilines is 1. The molecule has 0 saturated heterocycles. The Morgan fingerprint density at radius 3 is 2.83 bits per heavy atom. The molecule has 1 rings (SSSR count). The fraction of sp³-hybridized carbons (Fsp3) is 0.692. The summed E-state index contributed by atoms with van der Waals surface area (Å²) in [7, 11) is 0. The molecule has 0 aliphatic carbocycles. The molecule has 0 aromatic carbocycles. The summed E-state index contributed by atoms with van der Waals surface area (Å²) in [6.45, 7) is 4.44. The van der Waals surface area contributed by atoms with Crippen LogP contribution in [0.1, 0.15) is 39.0 Å². The van der Waals surface area contributed by atoms with Crippen molar-refractivity contribution in [2.24, 2.45) is 5.73 Å². The standard InChI is InChI=1S/C13H24N4O/c1-2-9-18-13-11-15-10-12(17-13)16-8-6-4-3-5-7-14/h10-11H,2-9,14H2,1H3,(H,16,17). The molecule has 18 heavy (non-hydrogen) atoms. The Labute approximate surface area is 109 Å². The van der Waals surface area contributed by atoms with Gasteiger partial charge in [-0.15, -0.1) is 0 Å². The highest BCUT2D eigenvalue weighted by molar-refractivity contribution is 5.32. The maximum absolute atomic E-state index is 5.44. The molecule has 0 unspecified atom stereocenters. The zero-order chi connectivity index (χ0) is 13.1. The van der Waals surface area contributed by atoms with Gasteiger partial charge in [0.2, 0.25) is 5.88 Å². The molecule has 1 heterocycles. The Balaban J connectivity index is 2.20. The van der Waals surface area contributed by atoms with Gasteiger partial charge in [-0.05, 0) is 25.8 Å². The molecule has 0 spiro atoms. The minimum absolute atomic E-state index is 0.588. The van der Waals surface area contributed by atoms with E-state index in [9.17, 15) is 0 Å². The van der Waals surface area contributed by atoms with Crippen molar-refractivity contribution in [2.75, 3.05) is 25.0 Å². The van der Waals surface area contributed by atoms with Gasteiger partial charge in [-0.2, -0.15) is 4.98 Å². The molecule has 102 valence electrons. The molecule has 5 heteroatoms. The molecule has 0 saturated carbocycles. The van der Waals surface area contributed by atoms with Crippen LogP contribution in [0.5, 0.6) is 5.88 Å². The first kappa shape index (κ1) is 14.7. The summed E-state index contributed by atoms with van der Waals surface area (Å²) in [5.74, 6) is 1.37. The van der Waals surface area contributed by atoms with Gasteiger partial charge >= 0.3 is 0 Å². The third kappa shape index (κ3) is 6.39. The van der Waals surface area contributed by atoms with Crippen molar-refractivity contribution in [1.29, 1.82) is 0 Å². The second kappa shape index (κ2) is 9.65. The zero-order valence-corrected chi connectivity index (χ0v) is 11.2. The van der Waals surface area contributed by atoms with E-state index < -0.39 is 0 Å². The van der Waals surface area contributed by atoms with Gasteiger partial charge in [0.1, 0.15) is 5.82 Å². The molecule has 0 aliphatic heterocycles. The predicted octanol–water partition coefficient (Wildman–Crippen LogP) is 2.20. The van der Waals surface area contributed by atoms with E-state index in [1.165, 1.54) is 12.8 Å². The topological polar surface area (TPSA) is 73.1 Å². The van der Waals surface area contributed by atoms with E-state index in [2.05, 4.69) is 22.2 Å². The van der Waals surface area contributed by atoms with Crippen molar-refractivity contribution in [3.05, 3.63) is 12.4 Å². The Morgan fingerprint density at radius 2 is 2.06 bits per heavy atom. The fourth-order valence-corrected chi connectivity index (χ4v) is 1.55. The van der Waals surface area contributed by atoms with Crippen molar-refractivity contribution in [2.45, 2.75) is 39.0 Å². The van der Waals surface area contributed by atoms with Crippen molar-refractivity contribution in [1.82, 2.24) is 9.97 Å². The van der Waals surface area contributed by atoms with E-state index >= 15 is 0 Å². The average Bonchev–Trinajstić information content (AvgIpc) is 2.41. The van der Waals surface area contributed by atoms with Crippen molar-refractivity contribution in [3.63, 3.8) is 0 Å².